The molecule has 0 radical (unpaired) electrons. The quantitative estimate of drug-likeness (QED) is 0.688. The molecule has 2 aromatic carbocycles. The molecule has 28 heavy (non-hydrogen) atoms. The van der Waals surface area contributed by atoms with Gasteiger partial charge in [-0.25, -0.2) is 4.79 Å². The summed E-state index contributed by atoms with van der Waals surface area (Å²) in [5.74, 6) is -1.11. The Morgan fingerprint density at radius 2 is 1.86 bits per heavy atom. The predicted octanol–water partition coefficient (Wildman–Crippen LogP) is 4.38. The summed E-state index contributed by atoms with van der Waals surface area (Å²) in [5.41, 5.74) is 1.64. The normalized spacial score (nSPS) is 15.9. The molecule has 0 aliphatic heterocycles. The van der Waals surface area contributed by atoms with E-state index in [-0.39, 0.29) is 17.4 Å². The molecule has 1 amide bonds. The Bertz CT molecular complexity index is 859. The van der Waals surface area contributed by atoms with E-state index in [0.717, 1.165) is 24.0 Å². The third-order valence-corrected chi connectivity index (χ3v) is 5.21. The molecule has 1 atom stereocenters. The van der Waals surface area contributed by atoms with Crippen LogP contribution in [-0.4, -0.2) is 23.1 Å². The summed E-state index contributed by atoms with van der Waals surface area (Å²) >= 11 is 6.01. The molecule has 6 heteroatoms. The van der Waals surface area contributed by atoms with Crippen molar-refractivity contribution in [1.29, 1.82) is 0 Å². The molecule has 1 fully saturated rings. The predicted molar refractivity (Wildman–Crippen MR) is 107 cm³/mol. The van der Waals surface area contributed by atoms with Crippen LogP contribution in [0.25, 0.3) is 0 Å². The number of ether oxygens (including phenoxy) is 1. The highest BCUT2D eigenvalue weighted by Crippen LogP contribution is 2.45. The van der Waals surface area contributed by atoms with Crippen molar-refractivity contribution >= 4 is 23.5 Å². The maximum absolute atomic E-state index is 12.9. The van der Waals surface area contributed by atoms with E-state index in [1.54, 1.807) is 30.3 Å². The zero-order valence-corrected chi connectivity index (χ0v) is 16.7. The first-order valence-electron chi connectivity index (χ1n) is 9.33. The summed E-state index contributed by atoms with van der Waals surface area (Å²) in [6.45, 7) is 4.20. The number of carbonyl (C=O) groups is 2. The minimum absolute atomic E-state index is 0.00405. The van der Waals surface area contributed by atoms with E-state index < -0.39 is 17.6 Å². The smallest absolute Gasteiger partial charge is 0.335 e. The summed E-state index contributed by atoms with van der Waals surface area (Å²) in [6.07, 6.45) is 1.06. The number of aromatic carboxylic acids is 1. The van der Waals surface area contributed by atoms with Crippen LogP contribution in [0, 0.1) is 5.92 Å². The van der Waals surface area contributed by atoms with Gasteiger partial charge in [-0.3, -0.25) is 4.79 Å². The average molecular weight is 402 g/mol. The lowest BCUT2D eigenvalue weighted by Crippen LogP contribution is -2.44. The third kappa shape index (κ3) is 4.72. The Hall–Kier alpha value is -2.37. The zero-order chi connectivity index (χ0) is 20.3. The Morgan fingerprint density at radius 1 is 1.18 bits per heavy atom. The fourth-order valence-electron chi connectivity index (χ4n) is 3.23. The van der Waals surface area contributed by atoms with Crippen LogP contribution in [0.1, 0.15) is 48.2 Å². The van der Waals surface area contributed by atoms with Crippen molar-refractivity contribution in [1.82, 2.24) is 5.32 Å². The molecule has 0 heterocycles. The summed E-state index contributed by atoms with van der Waals surface area (Å²) in [6, 6.07) is 14.1. The summed E-state index contributed by atoms with van der Waals surface area (Å²) in [5, 5.41) is 12.8. The first-order chi connectivity index (χ1) is 13.3. The molecule has 148 valence electrons. The van der Waals surface area contributed by atoms with Gasteiger partial charge >= 0.3 is 5.97 Å². The number of carbonyl (C=O) groups excluding carboxylic acids is 1. The molecule has 0 aromatic heterocycles. The van der Waals surface area contributed by atoms with Crippen molar-refractivity contribution < 1.29 is 19.4 Å². The van der Waals surface area contributed by atoms with Crippen molar-refractivity contribution in [2.75, 3.05) is 0 Å². The number of rotatable bonds is 8. The van der Waals surface area contributed by atoms with Gasteiger partial charge in [0, 0.05) is 5.02 Å². The van der Waals surface area contributed by atoms with Crippen LogP contribution in [0.2, 0.25) is 5.02 Å². The number of nitrogens with one attached hydrogen (secondary N) is 1. The summed E-state index contributed by atoms with van der Waals surface area (Å²) < 4.78 is 5.92. The van der Waals surface area contributed by atoms with Crippen molar-refractivity contribution in [3.05, 3.63) is 70.2 Å². The average Bonchev–Trinajstić information content (AvgIpc) is 3.42. The molecule has 5 nitrogen and oxygen atoms in total. The van der Waals surface area contributed by atoms with Crippen LogP contribution in [-0.2, 0) is 21.7 Å². The van der Waals surface area contributed by atoms with Crippen LogP contribution in [0.15, 0.2) is 48.5 Å². The van der Waals surface area contributed by atoms with Gasteiger partial charge in [-0.1, -0.05) is 49.7 Å². The second-order valence-corrected chi connectivity index (χ2v) is 8.00. The van der Waals surface area contributed by atoms with E-state index in [9.17, 15) is 9.59 Å². The molecule has 2 aromatic rings. The number of carboxylic acid groups (broad SMARTS) is 1. The SMILES string of the molecule is CC(C)[C@@H](OCc1cccc(Cl)c1)C(=O)NC1(c2ccc(C(=O)O)cc2)CC1. The third-order valence-electron chi connectivity index (χ3n) is 4.98. The van der Waals surface area contributed by atoms with Gasteiger partial charge in [0.2, 0.25) is 5.91 Å². The van der Waals surface area contributed by atoms with E-state index in [4.69, 9.17) is 21.4 Å². The van der Waals surface area contributed by atoms with Crippen LogP contribution < -0.4 is 5.32 Å². The van der Waals surface area contributed by atoms with E-state index >= 15 is 0 Å². The lowest BCUT2D eigenvalue weighted by Gasteiger charge is -2.25. The molecule has 0 unspecified atom stereocenters. The van der Waals surface area contributed by atoms with Gasteiger partial charge in [-0.05, 0) is 54.2 Å². The van der Waals surface area contributed by atoms with Gasteiger partial charge < -0.3 is 15.2 Å². The molecule has 1 aliphatic rings. The van der Waals surface area contributed by atoms with Crippen LogP contribution in [0.3, 0.4) is 0 Å². The van der Waals surface area contributed by atoms with E-state index in [1.807, 2.05) is 32.0 Å². The minimum Gasteiger partial charge on any atom is -0.478 e. The van der Waals surface area contributed by atoms with Crippen LogP contribution in [0.5, 0.6) is 0 Å². The van der Waals surface area contributed by atoms with Crippen LogP contribution >= 0.6 is 11.6 Å². The second-order valence-electron chi connectivity index (χ2n) is 7.56. The maximum Gasteiger partial charge on any atom is 0.335 e. The Morgan fingerprint density at radius 3 is 2.39 bits per heavy atom. The molecular formula is C22H24ClNO4. The monoisotopic (exact) mass is 401 g/mol. The molecule has 1 aliphatic carbocycles. The van der Waals surface area contributed by atoms with Gasteiger partial charge in [0.1, 0.15) is 6.10 Å². The topological polar surface area (TPSA) is 75.6 Å². The van der Waals surface area contributed by atoms with Gasteiger partial charge in [-0.15, -0.1) is 0 Å². The first kappa shape index (κ1) is 20.4. The lowest BCUT2D eigenvalue weighted by molar-refractivity contribution is -0.137. The number of hydrogen-bond acceptors (Lipinski definition) is 3. The van der Waals surface area contributed by atoms with Gasteiger partial charge in [0.05, 0.1) is 17.7 Å². The molecule has 0 bridgehead atoms. The highest BCUT2D eigenvalue weighted by molar-refractivity contribution is 6.30. The fraction of sp³-hybridized carbons (Fsp3) is 0.364. The highest BCUT2D eigenvalue weighted by atomic mass is 35.5. The Labute approximate surface area is 169 Å². The van der Waals surface area contributed by atoms with E-state index in [1.165, 1.54) is 0 Å². The lowest BCUT2D eigenvalue weighted by atomic mass is 10.0. The number of amides is 1. The van der Waals surface area contributed by atoms with Crippen molar-refractivity contribution in [3.8, 4) is 0 Å². The zero-order valence-electron chi connectivity index (χ0n) is 15.9. The number of carboxylic acids is 1. The molecule has 0 saturated heterocycles. The highest BCUT2D eigenvalue weighted by Gasteiger charge is 2.46. The van der Waals surface area contributed by atoms with Gasteiger partial charge in [0.25, 0.3) is 0 Å². The molecule has 1 saturated carbocycles. The Balaban J connectivity index is 1.67. The molecule has 3 rings (SSSR count). The number of benzene rings is 2. The minimum atomic E-state index is -0.963. The van der Waals surface area contributed by atoms with Gasteiger partial charge in [-0.2, -0.15) is 0 Å². The van der Waals surface area contributed by atoms with Crippen molar-refractivity contribution in [2.24, 2.45) is 5.92 Å². The second kappa shape index (κ2) is 8.33. The fourth-order valence-corrected chi connectivity index (χ4v) is 3.45. The largest absolute Gasteiger partial charge is 0.478 e. The van der Waals surface area contributed by atoms with E-state index in [2.05, 4.69) is 5.32 Å². The molecule has 2 N–H and O–H groups in total. The van der Waals surface area contributed by atoms with Crippen LogP contribution in [0.4, 0.5) is 0 Å². The standard InChI is InChI=1S/C22H24ClNO4/c1-14(2)19(28-13-15-4-3-5-18(23)12-15)20(25)24-22(10-11-22)17-8-6-16(7-9-17)21(26)27/h3-9,12,14,19H,10-11,13H2,1-2H3,(H,24,25)(H,26,27)/t19-/m1/s1. The first-order valence-corrected chi connectivity index (χ1v) is 9.70. The summed E-state index contributed by atoms with van der Waals surface area (Å²) in [7, 11) is 0. The van der Waals surface area contributed by atoms with Crippen molar-refractivity contribution in [2.45, 2.75) is 44.9 Å². The number of halogens is 1. The number of hydrogen-bond donors (Lipinski definition) is 2. The molecular weight excluding hydrogens is 378 g/mol. The maximum atomic E-state index is 12.9. The van der Waals surface area contributed by atoms with Gasteiger partial charge in [0.15, 0.2) is 0 Å². The Kier molecular flexibility index (Phi) is 6.06. The van der Waals surface area contributed by atoms with Crippen molar-refractivity contribution in [3.63, 3.8) is 0 Å². The summed E-state index contributed by atoms with van der Waals surface area (Å²) in [4.78, 5) is 24.0. The van der Waals surface area contributed by atoms with E-state index in [0.29, 0.717) is 11.6 Å². The molecule has 0 spiro atoms.